The van der Waals surface area contributed by atoms with Crippen LogP contribution >= 0.6 is 23.2 Å². The number of aliphatic carboxylic acids is 1. The van der Waals surface area contributed by atoms with E-state index in [1.54, 1.807) is 27.3 Å². The molecule has 0 radical (unpaired) electrons. The second-order valence-corrected chi connectivity index (χ2v) is 11.7. The maximum Gasteiger partial charge on any atom is 0.320 e. The molecule has 240 valence electrons. The van der Waals surface area contributed by atoms with E-state index >= 15 is 0 Å². The number of methoxy groups -OCH3 is 2. The van der Waals surface area contributed by atoms with E-state index in [4.69, 9.17) is 37.7 Å². The number of carboxylic acid groups (broad SMARTS) is 1. The van der Waals surface area contributed by atoms with E-state index in [9.17, 15) is 14.7 Å². The Kier molecular flexibility index (Phi) is 10.7. The first kappa shape index (κ1) is 33.2. The van der Waals surface area contributed by atoms with Crippen molar-refractivity contribution in [3.05, 3.63) is 82.0 Å². The molecule has 1 aliphatic heterocycles. The summed E-state index contributed by atoms with van der Waals surface area (Å²) in [5, 5.41) is 19.4. The molecule has 1 fully saturated rings. The van der Waals surface area contributed by atoms with Gasteiger partial charge in [-0.05, 0) is 31.5 Å². The number of carbonyl (C=O) groups is 2. The van der Waals surface area contributed by atoms with Gasteiger partial charge in [-0.3, -0.25) is 14.6 Å². The van der Waals surface area contributed by atoms with E-state index in [0.717, 1.165) is 23.1 Å². The molecule has 4 aromatic rings. The third kappa shape index (κ3) is 7.42. The molecule has 3 heterocycles. The number of nitrogens with zero attached hydrogens (tertiary/aromatic N) is 2. The Morgan fingerprint density at radius 1 is 1.02 bits per heavy atom. The highest BCUT2D eigenvalue weighted by molar-refractivity contribution is 6.39. The van der Waals surface area contributed by atoms with E-state index in [2.05, 4.69) is 20.9 Å². The number of halogens is 2. The first-order valence-corrected chi connectivity index (χ1v) is 15.6. The Morgan fingerprint density at radius 2 is 1.78 bits per heavy atom. The molecular weight excluding hydrogens is 629 g/mol. The molecule has 1 aliphatic rings. The number of hydrogen-bond donors (Lipinski definition) is 4. The molecule has 0 bridgehead atoms. The van der Waals surface area contributed by atoms with Crippen molar-refractivity contribution in [1.29, 1.82) is 0 Å². The molecule has 12 heteroatoms. The molecule has 2 aromatic heterocycles. The van der Waals surface area contributed by atoms with Crippen molar-refractivity contribution in [1.82, 2.24) is 25.9 Å². The van der Waals surface area contributed by atoms with E-state index in [1.165, 1.54) is 0 Å². The maximum absolute atomic E-state index is 11.5. The van der Waals surface area contributed by atoms with E-state index in [1.807, 2.05) is 54.6 Å². The van der Waals surface area contributed by atoms with Gasteiger partial charge in [0.1, 0.15) is 11.8 Å². The standard InChI is InChI=1S/C34H35Cl2N5O5/c1-19(34(43)44)39-17-21-8-7-20(15-28(21)45-2)32-31(36)25(13-14-38-32)24-5-4-6-26(30(24)35)27-11-9-22(33(41-27)46-3)16-37-18-23-10-12-29(42)40-23/h4-9,11,13-15,19,23,37,39H,10,12,16-18H2,1-3H3,(H,40,42)(H,43,44)/t19-,23-/m0/s1. The molecule has 10 nitrogen and oxygen atoms in total. The topological polar surface area (TPSA) is 135 Å². The highest BCUT2D eigenvalue weighted by atomic mass is 35.5. The molecule has 4 N–H and O–H groups in total. The van der Waals surface area contributed by atoms with Crippen molar-refractivity contribution in [3.63, 3.8) is 0 Å². The van der Waals surface area contributed by atoms with Gasteiger partial charge in [0.25, 0.3) is 0 Å². The second kappa shape index (κ2) is 14.9. The number of carboxylic acids is 1. The van der Waals surface area contributed by atoms with Crippen LogP contribution < -0.4 is 25.4 Å². The fourth-order valence-electron chi connectivity index (χ4n) is 5.32. The molecule has 0 aliphatic carbocycles. The third-order valence-corrected chi connectivity index (χ3v) is 8.70. The molecule has 2 atom stereocenters. The fourth-order valence-corrected chi connectivity index (χ4v) is 5.97. The van der Waals surface area contributed by atoms with Gasteiger partial charge in [-0.25, -0.2) is 4.98 Å². The summed E-state index contributed by atoms with van der Waals surface area (Å²) in [5.74, 6) is 0.219. The average Bonchev–Trinajstić information content (AvgIpc) is 3.48. The van der Waals surface area contributed by atoms with Gasteiger partial charge in [-0.2, -0.15) is 0 Å². The molecule has 0 saturated carbocycles. The largest absolute Gasteiger partial charge is 0.496 e. The first-order chi connectivity index (χ1) is 22.2. The van der Waals surface area contributed by atoms with Gasteiger partial charge in [0.05, 0.1) is 35.7 Å². The summed E-state index contributed by atoms with van der Waals surface area (Å²) in [6.45, 7) is 3.10. The van der Waals surface area contributed by atoms with E-state index in [0.29, 0.717) is 75.8 Å². The number of rotatable bonds is 13. The van der Waals surface area contributed by atoms with Gasteiger partial charge >= 0.3 is 5.97 Å². The van der Waals surface area contributed by atoms with Crippen molar-refractivity contribution in [3.8, 4) is 45.3 Å². The number of pyridine rings is 2. The maximum atomic E-state index is 11.5. The summed E-state index contributed by atoms with van der Waals surface area (Å²) in [6, 6.07) is 16.3. The Balaban J connectivity index is 1.39. The highest BCUT2D eigenvalue weighted by Crippen LogP contribution is 2.42. The summed E-state index contributed by atoms with van der Waals surface area (Å²) in [7, 11) is 3.14. The summed E-state index contributed by atoms with van der Waals surface area (Å²) < 4.78 is 11.2. The van der Waals surface area contributed by atoms with Crippen molar-refractivity contribution >= 4 is 35.1 Å². The normalized spacial score (nSPS) is 15.0. The van der Waals surface area contributed by atoms with Crippen LogP contribution in [0.5, 0.6) is 11.6 Å². The van der Waals surface area contributed by atoms with Crippen LogP contribution in [0.25, 0.3) is 33.6 Å². The van der Waals surface area contributed by atoms with Gasteiger partial charge < -0.3 is 30.5 Å². The van der Waals surface area contributed by atoms with E-state index < -0.39 is 12.0 Å². The monoisotopic (exact) mass is 663 g/mol. The van der Waals surface area contributed by atoms with Gasteiger partial charge in [-0.15, -0.1) is 0 Å². The van der Waals surface area contributed by atoms with Crippen LogP contribution in [-0.2, 0) is 22.7 Å². The Morgan fingerprint density at radius 3 is 2.50 bits per heavy atom. The molecule has 46 heavy (non-hydrogen) atoms. The molecular formula is C34H35Cl2N5O5. The number of nitrogens with one attached hydrogen (secondary N) is 3. The highest BCUT2D eigenvalue weighted by Gasteiger charge is 2.21. The summed E-state index contributed by atoms with van der Waals surface area (Å²) in [4.78, 5) is 32.0. The third-order valence-electron chi connectivity index (χ3n) is 7.91. The van der Waals surface area contributed by atoms with Crippen LogP contribution in [-0.4, -0.2) is 59.8 Å². The number of benzene rings is 2. The number of aromatic nitrogens is 2. The lowest BCUT2D eigenvalue weighted by Gasteiger charge is -2.16. The van der Waals surface area contributed by atoms with Crippen LogP contribution in [0.2, 0.25) is 10.0 Å². The molecule has 2 aromatic carbocycles. The van der Waals surface area contributed by atoms with Gasteiger partial charge in [0, 0.05) is 71.7 Å². The SMILES string of the molecule is COc1cc(-c2nccc(-c3cccc(-c4ccc(CNC[C@@H]5CCC(=O)N5)c(OC)n4)c3Cl)c2Cl)ccc1CN[C@@H](C)C(=O)O. The van der Waals surface area contributed by atoms with Gasteiger partial charge in [-0.1, -0.05) is 59.6 Å². The number of amides is 1. The predicted octanol–water partition coefficient (Wildman–Crippen LogP) is 5.73. The molecule has 5 rings (SSSR count). The second-order valence-electron chi connectivity index (χ2n) is 11.0. The Hall–Kier alpha value is -4.22. The zero-order valence-corrected chi connectivity index (χ0v) is 27.2. The fraction of sp³-hybridized carbons (Fsp3) is 0.294. The summed E-state index contributed by atoms with van der Waals surface area (Å²) in [5.41, 5.74) is 5.75. The molecule has 1 saturated heterocycles. The summed E-state index contributed by atoms with van der Waals surface area (Å²) >= 11 is 14.0. The van der Waals surface area contributed by atoms with Crippen molar-refractivity contribution < 1.29 is 24.2 Å². The smallest absolute Gasteiger partial charge is 0.320 e. The van der Waals surface area contributed by atoms with Crippen LogP contribution in [0.15, 0.2) is 60.8 Å². The van der Waals surface area contributed by atoms with Crippen molar-refractivity contribution in [2.45, 2.75) is 44.9 Å². The Labute approximate surface area is 277 Å². The van der Waals surface area contributed by atoms with Crippen LogP contribution in [0.3, 0.4) is 0 Å². The zero-order valence-electron chi connectivity index (χ0n) is 25.7. The molecule has 0 spiro atoms. The lowest BCUT2D eigenvalue weighted by Crippen LogP contribution is -2.35. The Bertz CT molecular complexity index is 1750. The first-order valence-electron chi connectivity index (χ1n) is 14.8. The number of ether oxygens (including phenoxy) is 2. The van der Waals surface area contributed by atoms with Crippen LogP contribution in [0.4, 0.5) is 0 Å². The molecule has 1 amide bonds. The predicted molar refractivity (Wildman–Crippen MR) is 178 cm³/mol. The minimum atomic E-state index is -0.932. The van der Waals surface area contributed by atoms with E-state index in [-0.39, 0.29) is 11.9 Å². The van der Waals surface area contributed by atoms with Crippen molar-refractivity contribution in [2.75, 3.05) is 20.8 Å². The van der Waals surface area contributed by atoms with Crippen LogP contribution in [0.1, 0.15) is 30.9 Å². The van der Waals surface area contributed by atoms with Crippen molar-refractivity contribution in [2.24, 2.45) is 0 Å². The summed E-state index contributed by atoms with van der Waals surface area (Å²) in [6.07, 6.45) is 3.07. The van der Waals surface area contributed by atoms with Gasteiger partial charge in [0.2, 0.25) is 11.8 Å². The minimum Gasteiger partial charge on any atom is -0.496 e. The number of carbonyl (C=O) groups excluding carboxylic acids is 1. The van der Waals surface area contributed by atoms with Gasteiger partial charge in [0.15, 0.2) is 0 Å². The lowest BCUT2D eigenvalue weighted by molar-refractivity contribution is -0.139. The zero-order chi connectivity index (χ0) is 32.8. The quantitative estimate of drug-likeness (QED) is 0.141. The minimum absolute atomic E-state index is 0.0897. The number of hydrogen-bond acceptors (Lipinski definition) is 8. The molecule has 0 unspecified atom stereocenters. The van der Waals surface area contributed by atoms with Crippen LogP contribution in [0, 0.1) is 0 Å². The lowest BCUT2D eigenvalue weighted by atomic mass is 9.99. The average molecular weight is 665 g/mol.